The summed E-state index contributed by atoms with van der Waals surface area (Å²) in [4.78, 5) is 31.5. The number of amides is 2. The first kappa shape index (κ1) is 19.5. The Balaban J connectivity index is 1.49. The third kappa shape index (κ3) is 3.86. The summed E-state index contributed by atoms with van der Waals surface area (Å²) in [5.41, 5.74) is 0.777. The lowest BCUT2D eigenvalue weighted by molar-refractivity contribution is -0.127. The first-order valence-corrected chi connectivity index (χ1v) is 9.89. The molecule has 2 aromatic rings. The molecule has 2 heterocycles. The van der Waals surface area contributed by atoms with Gasteiger partial charge in [-0.2, -0.15) is 0 Å². The van der Waals surface area contributed by atoms with Crippen LogP contribution in [-0.4, -0.2) is 29.4 Å². The summed E-state index contributed by atoms with van der Waals surface area (Å²) in [6.07, 6.45) is 3.45. The Labute approximate surface area is 168 Å². The van der Waals surface area contributed by atoms with Gasteiger partial charge in [0.05, 0.1) is 5.41 Å². The summed E-state index contributed by atoms with van der Waals surface area (Å²) in [7, 11) is 0. The van der Waals surface area contributed by atoms with Crippen molar-refractivity contribution in [1.29, 1.82) is 0 Å². The minimum atomic E-state index is -0.701. The molecule has 5 nitrogen and oxygen atoms in total. The van der Waals surface area contributed by atoms with Crippen LogP contribution in [0.3, 0.4) is 0 Å². The average molecular weight is 399 g/mol. The molecule has 1 unspecified atom stereocenters. The molecular weight excluding hydrogens is 376 g/mol. The molecule has 7 heteroatoms. The predicted octanol–water partition coefficient (Wildman–Crippen LogP) is 3.76. The van der Waals surface area contributed by atoms with Gasteiger partial charge in [-0.05, 0) is 56.9 Å². The van der Waals surface area contributed by atoms with Crippen molar-refractivity contribution >= 4 is 17.5 Å². The molecule has 2 atom stereocenters. The van der Waals surface area contributed by atoms with Gasteiger partial charge in [-0.25, -0.2) is 13.8 Å². The molecule has 1 N–H and O–H groups in total. The highest BCUT2D eigenvalue weighted by Gasteiger charge is 2.49. The number of carbonyl (C=O) groups excluding carboxylic acids is 2. The second-order valence-corrected chi connectivity index (χ2v) is 8.05. The average Bonchev–Trinajstić information content (AvgIpc) is 2.97. The number of halogens is 2. The van der Waals surface area contributed by atoms with Gasteiger partial charge in [-0.1, -0.05) is 12.5 Å². The largest absolute Gasteiger partial charge is 0.348 e. The van der Waals surface area contributed by atoms with Gasteiger partial charge in [0, 0.05) is 30.0 Å². The van der Waals surface area contributed by atoms with E-state index in [1.54, 1.807) is 12.1 Å². The first-order valence-electron chi connectivity index (χ1n) is 9.89. The molecule has 1 spiro atoms. The van der Waals surface area contributed by atoms with Crippen molar-refractivity contribution in [2.75, 3.05) is 11.4 Å². The van der Waals surface area contributed by atoms with Crippen LogP contribution in [-0.2, 0) is 4.79 Å². The number of nitrogens with zero attached hydrogens (tertiary/aromatic N) is 2. The van der Waals surface area contributed by atoms with Crippen LogP contribution in [0.15, 0.2) is 36.4 Å². The molecule has 29 heavy (non-hydrogen) atoms. The van der Waals surface area contributed by atoms with E-state index in [4.69, 9.17) is 0 Å². The fraction of sp³-hybridized carbons (Fsp3) is 0.409. The molecule has 2 amide bonds. The summed E-state index contributed by atoms with van der Waals surface area (Å²) in [6.45, 7) is 2.25. The van der Waals surface area contributed by atoms with E-state index in [1.807, 2.05) is 13.0 Å². The van der Waals surface area contributed by atoms with Gasteiger partial charge < -0.3 is 10.2 Å². The number of benzene rings is 1. The number of nitrogens with one attached hydrogen (secondary N) is 1. The van der Waals surface area contributed by atoms with Crippen LogP contribution in [0, 0.1) is 24.0 Å². The summed E-state index contributed by atoms with van der Waals surface area (Å²) < 4.78 is 27.2. The van der Waals surface area contributed by atoms with Crippen LogP contribution in [0.4, 0.5) is 14.5 Å². The van der Waals surface area contributed by atoms with Crippen molar-refractivity contribution in [2.24, 2.45) is 5.41 Å². The van der Waals surface area contributed by atoms with Gasteiger partial charge in [0.25, 0.3) is 5.91 Å². The van der Waals surface area contributed by atoms with Crippen molar-refractivity contribution in [3.63, 3.8) is 0 Å². The first-order chi connectivity index (χ1) is 13.9. The van der Waals surface area contributed by atoms with E-state index >= 15 is 0 Å². The Bertz CT molecular complexity index is 945. The van der Waals surface area contributed by atoms with E-state index in [2.05, 4.69) is 10.3 Å². The zero-order valence-corrected chi connectivity index (χ0v) is 16.3. The fourth-order valence-electron chi connectivity index (χ4n) is 4.60. The highest BCUT2D eigenvalue weighted by molar-refractivity contribution is 6.00. The maximum atomic E-state index is 13.6. The van der Waals surface area contributed by atoms with E-state index in [9.17, 15) is 18.4 Å². The second-order valence-electron chi connectivity index (χ2n) is 8.05. The van der Waals surface area contributed by atoms with Crippen LogP contribution < -0.4 is 10.2 Å². The Kier molecular flexibility index (Phi) is 5.06. The number of carbonyl (C=O) groups is 2. The minimum absolute atomic E-state index is 0.116. The van der Waals surface area contributed by atoms with Crippen molar-refractivity contribution in [2.45, 2.75) is 45.1 Å². The number of hydrogen-bond donors (Lipinski definition) is 1. The van der Waals surface area contributed by atoms with Crippen molar-refractivity contribution in [3.05, 3.63) is 59.4 Å². The molecule has 4 rings (SSSR count). The maximum absolute atomic E-state index is 13.6. The number of hydrogen-bond acceptors (Lipinski definition) is 3. The SMILES string of the molecule is Cc1cccc(C(=O)N[C@@H]2CCCC3(CCN(c4cc(F)cc(F)c4)C3=O)C2)n1. The molecule has 1 aliphatic carbocycles. The standard InChI is InChI=1S/C22H23F2N3O2/c1-14-4-2-6-19(25-14)20(28)26-17-5-3-7-22(13-17)8-9-27(21(22)29)18-11-15(23)10-16(24)12-18/h2,4,6,10-12,17H,3,5,7-9,13H2,1H3,(H,26,28)/t17-,22?/m1/s1. The summed E-state index contributed by atoms with van der Waals surface area (Å²) >= 11 is 0. The lowest BCUT2D eigenvalue weighted by Crippen LogP contribution is -2.46. The Morgan fingerprint density at radius 2 is 1.97 bits per heavy atom. The Morgan fingerprint density at radius 1 is 1.21 bits per heavy atom. The van der Waals surface area contributed by atoms with Crippen molar-refractivity contribution in [3.8, 4) is 0 Å². The van der Waals surface area contributed by atoms with Crippen molar-refractivity contribution < 1.29 is 18.4 Å². The van der Waals surface area contributed by atoms with Crippen LogP contribution in [0.1, 0.15) is 48.3 Å². The van der Waals surface area contributed by atoms with Crippen molar-refractivity contribution in [1.82, 2.24) is 10.3 Å². The lowest BCUT2D eigenvalue weighted by atomic mass is 9.71. The molecule has 152 valence electrons. The number of rotatable bonds is 3. The summed E-state index contributed by atoms with van der Waals surface area (Å²) in [5.74, 6) is -1.76. The fourth-order valence-corrected chi connectivity index (χ4v) is 4.60. The normalized spacial score (nSPS) is 24.2. The molecule has 0 radical (unpaired) electrons. The van der Waals surface area contributed by atoms with Gasteiger partial charge in [0.1, 0.15) is 17.3 Å². The smallest absolute Gasteiger partial charge is 0.270 e. The maximum Gasteiger partial charge on any atom is 0.270 e. The lowest BCUT2D eigenvalue weighted by Gasteiger charge is -2.36. The van der Waals surface area contributed by atoms with Gasteiger partial charge in [-0.15, -0.1) is 0 Å². The highest BCUT2D eigenvalue weighted by atomic mass is 19.1. The molecule has 2 aliphatic rings. The van der Waals surface area contributed by atoms with E-state index in [-0.39, 0.29) is 23.5 Å². The Hall–Kier alpha value is -2.83. The predicted molar refractivity (Wildman–Crippen MR) is 104 cm³/mol. The van der Waals surface area contributed by atoms with Crippen LogP contribution in [0.2, 0.25) is 0 Å². The highest BCUT2D eigenvalue weighted by Crippen LogP contribution is 2.46. The van der Waals surface area contributed by atoms with Crippen LogP contribution in [0.5, 0.6) is 0 Å². The van der Waals surface area contributed by atoms with Gasteiger partial charge in [0.2, 0.25) is 5.91 Å². The quantitative estimate of drug-likeness (QED) is 0.855. The van der Waals surface area contributed by atoms with Gasteiger partial charge in [0.15, 0.2) is 0 Å². The third-order valence-corrected chi connectivity index (χ3v) is 5.97. The van der Waals surface area contributed by atoms with Gasteiger partial charge in [-0.3, -0.25) is 9.59 Å². The monoisotopic (exact) mass is 399 g/mol. The second kappa shape index (κ2) is 7.54. The Morgan fingerprint density at radius 3 is 2.69 bits per heavy atom. The van der Waals surface area contributed by atoms with E-state index in [0.717, 1.165) is 31.0 Å². The number of aromatic nitrogens is 1. The van der Waals surface area contributed by atoms with E-state index in [1.165, 1.54) is 17.0 Å². The summed E-state index contributed by atoms with van der Waals surface area (Å²) in [5, 5.41) is 3.01. The molecule has 2 fully saturated rings. The third-order valence-electron chi connectivity index (χ3n) is 5.97. The van der Waals surface area contributed by atoms with Gasteiger partial charge >= 0.3 is 0 Å². The summed E-state index contributed by atoms with van der Waals surface area (Å²) in [6, 6.07) is 8.32. The zero-order chi connectivity index (χ0) is 20.6. The number of aryl methyl sites for hydroxylation is 1. The molecule has 1 aliphatic heterocycles. The van der Waals surface area contributed by atoms with Crippen LogP contribution >= 0.6 is 0 Å². The van der Waals surface area contributed by atoms with Crippen LogP contribution in [0.25, 0.3) is 0 Å². The topological polar surface area (TPSA) is 62.3 Å². The molecule has 0 bridgehead atoms. The number of pyridine rings is 1. The molecule has 1 saturated carbocycles. The molecule has 1 aromatic heterocycles. The molecular formula is C22H23F2N3O2. The zero-order valence-electron chi connectivity index (χ0n) is 16.3. The van der Waals surface area contributed by atoms with E-state index < -0.39 is 17.0 Å². The molecule has 1 saturated heterocycles. The number of anilines is 1. The minimum Gasteiger partial charge on any atom is -0.348 e. The molecule has 1 aromatic carbocycles. The van der Waals surface area contributed by atoms with E-state index in [0.29, 0.717) is 25.1 Å².